The van der Waals surface area contributed by atoms with Crippen molar-refractivity contribution in [3.63, 3.8) is 0 Å². The first-order valence-electron chi connectivity index (χ1n) is 5.83. The molecule has 0 radical (unpaired) electrons. The first-order valence-corrected chi connectivity index (χ1v) is 6.71. The third-order valence-corrected chi connectivity index (χ3v) is 3.55. The normalized spacial score (nSPS) is 10.5. The first kappa shape index (κ1) is 12.0. The van der Waals surface area contributed by atoms with Gasteiger partial charge >= 0.3 is 0 Å². The van der Waals surface area contributed by atoms with E-state index in [4.69, 9.17) is 0 Å². The minimum atomic E-state index is 0.945. The number of anilines is 1. The summed E-state index contributed by atoms with van der Waals surface area (Å²) < 4.78 is 0. The Morgan fingerprint density at radius 2 is 2.18 bits per heavy atom. The van der Waals surface area contributed by atoms with Gasteiger partial charge in [-0.15, -0.1) is 11.3 Å². The van der Waals surface area contributed by atoms with Crippen molar-refractivity contribution < 1.29 is 0 Å². The van der Waals surface area contributed by atoms with Gasteiger partial charge in [0.25, 0.3) is 0 Å². The second-order valence-corrected chi connectivity index (χ2v) is 5.11. The van der Waals surface area contributed by atoms with Gasteiger partial charge in [-0.25, -0.2) is 9.97 Å². The standard InChI is InChI=1S/C13H17N3S/c1-4-5-11-12(10-6-9(2)17-7-10)15-8-16-13(11)14-3/h6-8H,4-5H2,1-3H3,(H,14,15,16). The molecule has 0 aliphatic carbocycles. The zero-order chi connectivity index (χ0) is 12.3. The molecule has 4 heteroatoms. The Kier molecular flexibility index (Phi) is 3.74. The Hall–Kier alpha value is -1.42. The number of aryl methyl sites for hydroxylation is 1. The van der Waals surface area contributed by atoms with E-state index in [1.54, 1.807) is 17.7 Å². The molecule has 0 spiro atoms. The highest BCUT2D eigenvalue weighted by Gasteiger charge is 2.12. The van der Waals surface area contributed by atoms with E-state index in [-0.39, 0.29) is 0 Å². The molecule has 2 aromatic heterocycles. The summed E-state index contributed by atoms with van der Waals surface area (Å²) in [5.74, 6) is 0.945. The zero-order valence-electron chi connectivity index (χ0n) is 10.4. The average Bonchev–Trinajstić information content (AvgIpc) is 2.76. The van der Waals surface area contributed by atoms with Crippen molar-refractivity contribution in [2.45, 2.75) is 26.7 Å². The fourth-order valence-electron chi connectivity index (χ4n) is 1.93. The topological polar surface area (TPSA) is 37.8 Å². The molecule has 0 unspecified atom stereocenters. The Labute approximate surface area is 106 Å². The predicted octanol–water partition coefficient (Wildman–Crippen LogP) is 3.51. The number of thiophene rings is 1. The summed E-state index contributed by atoms with van der Waals surface area (Å²) in [4.78, 5) is 10.0. The van der Waals surface area contributed by atoms with Crippen LogP contribution < -0.4 is 5.32 Å². The molecular formula is C13H17N3S. The summed E-state index contributed by atoms with van der Waals surface area (Å²) in [5.41, 5.74) is 3.49. The van der Waals surface area contributed by atoms with Gasteiger partial charge in [-0.05, 0) is 19.4 Å². The largest absolute Gasteiger partial charge is 0.373 e. The van der Waals surface area contributed by atoms with E-state index in [2.05, 4.69) is 40.6 Å². The molecule has 17 heavy (non-hydrogen) atoms. The van der Waals surface area contributed by atoms with Crippen molar-refractivity contribution in [2.24, 2.45) is 0 Å². The van der Waals surface area contributed by atoms with Crippen LogP contribution in [0, 0.1) is 6.92 Å². The smallest absolute Gasteiger partial charge is 0.132 e. The maximum Gasteiger partial charge on any atom is 0.132 e. The molecule has 0 aliphatic heterocycles. The third-order valence-electron chi connectivity index (χ3n) is 2.69. The van der Waals surface area contributed by atoms with E-state index < -0.39 is 0 Å². The lowest BCUT2D eigenvalue weighted by atomic mass is 10.0. The lowest BCUT2D eigenvalue weighted by Gasteiger charge is -2.10. The van der Waals surface area contributed by atoms with Crippen molar-refractivity contribution in [2.75, 3.05) is 12.4 Å². The molecule has 0 amide bonds. The van der Waals surface area contributed by atoms with Gasteiger partial charge < -0.3 is 5.32 Å². The van der Waals surface area contributed by atoms with Gasteiger partial charge in [-0.3, -0.25) is 0 Å². The van der Waals surface area contributed by atoms with Crippen LogP contribution >= 0.6 is 11.3 Å². The summed E-state index contributed by atoms with van der Waals surface area (Å²) in [7, 11) is 1.91. The molecule has 2 heterocycles. The molecule has 0 aromatic carbocycles. The molecule has 1 N–H and O–H groups in total. The Bertz CT molecular complexity index is 505. The van der Waals surface area contributed by atoms with E-state index in [9.17, 15) is 0 Å². The number of hydrogen-bond acceptors (Lipinski definition) is 4. The van der Waals surface area contributed by atoms with Crippen LogP contribution in [-0.4, -0.2) is 17.0 Å². The van der Waals surface area contributed by atoms with Gasteiger partial charge in [0.2, 0.25) is 0 Å². The van der Waals surface area contributed by atoms with E-state index in [1.807, 2.05) is 7.05 Å². The Morgan fingerprint density at radius 1 is 1.35 bits per heavy atom. The van der Waals surface area contributed by atoms with Gasteiger partial charge in [0, 0.05) is 28.4 Å². The quantitative estimate of drug-likeness (QED) is 0.898. The summed E-state index contributed by atoms with van der Waals surface area (Å²) in [5, 5.41) is 5.31. The van der Waals surface area contributed by atoms with E-state index in [0.29, 0.717) is 0 Å². The van der Waals surface area contributed by atoms with Crippen molar-refractivity contribution in [1.82, 2.24) is 9.97 Å². The fraction of sp³-hybridized carbons (Fsp3) is 0.385. The van der Waals surface area contributed by atoms with Crippen LogP contribution in [0.3, 0.4) is 0 Å². The molecular weight excluding hydrogens is 230 g/mol. The Balaban J connectivity index is 2.52. The molecule has 0 bridgehead atoms. The molecule has 0 fully saturated rings. The maximum absolute atomic E-state index is 4.45. The minimum Gasteiger partial charge on any atom is -0.373 e. The van der Waals surface area contributed by atoms with Gasteiger partial charge in [0.1, 0.15) is 12.1 Å². The van der Waals surface area contributed by atoms with E-state index in [1.165, 1.54) is 16.0 Å². The summed E-state index contributed by atoms with van der Waals surface area (Å²) in [6, 6.07) is 2.19. The average molecular weight is 247 g/mol. The van der Waals surface area contributed by atoms with Gasteiger partial charge in [-0.2, -0.15) is 0 Å². The maximum atomic E-state index is 4.45. The van der Waals surface area contributed by atoms with Crippen LogP contribution in [-0.2, 0) is 6.42 Å². The fourth-order valence-corrected chi connectivity index (χ4v) is 2.62. The predicted molar refractivity (Wildman–Crippen MR) is 73.6 cm³/mol. The van der Waals surface area contributed by atoms with Crippen LogP contribution in [0.25, 0.3) is 11.3 Å². The van der Waals surface area contributed by atoms with Crippen LogP contribution in [0.15, 0.2) is 17.8 Å². The van der Waals surface area contributed by atoms with E-state index in [0.717, 1.165) is 24.4 Å². The molecule has 2 rings (SSSR count). The summed E-state index contributed by atoms with van der Waals surface area (Å²) >= 11 is 1.76. The number of nitrogens with one attached hydrogen (secondary N) is 1. The highest BCUT2D eigenvalue weighted by molar-refractivity contribution is 7.10. The van der Waals surface area contributed by atoms with Crippen molar-refractivity contribution in [3.05, 3.63) is 28.2 Å². The lowest BCUT2D eigenvalue weighted by Crippen LogP contribution is -2.02. The number of aromatic nitrogens is 2. The second-order valence-electron chi connectivity index (χ2n) is 4.00. The minimum absolute atomic E-state index is 0.945. The van der Waals surface area contributed by atoms with Crippen molar-refractivity contribution in [1.29, 1.82) is 0 Å². The first-order chi connectivity index (χ1) is 8.26. The highest BCUT2D eigenvalue weighted by atomic mass is 32.1. The molecule has 0 atom stereocenters. The summed E-state index contributed by atoms with van der Waals surface area (Å²) in [6.45, 7) is 4.29. The van der Waals surface area contributed by atoms with Gasteiger partial charge in [0.15, 0.2) is 0 Å². The summed E-state index contributed by atoms with van der Waals surface area (Å²) in [6.07, 6.45) is 3.73. The van der Waals surface area contributed by atoms with Crippen LogP contribution in [0.4, 0.5) is 5.82 Å². The SMILES string of the molecule is CCCc1c(NC)ncnc1-c1csc(C)c1. The van der Waals surface area contributed by atoms with Crippen molar-refractivity contribution in [3.8, 4) is 11.3 Å². The molecule has 0 saturated carbocycles. The molecule has 0 aliphatic rings. The van der Waals surface area contributed by atoms with E-state index >= 15 is 0 Å². The number of hydrogen-bond donors (Lipinski definition) is 1. The van der Waals surface area contributed by atoms with Crippen molar-refractivity contribution >= 4 is 17.2 Å². The number of rotatable bonds is 4. The van der Waals surface area contributed by atoms with Gasteiger partial charge in [0.05, 0.1) is 5.69 Å². The number of nitrogens with zero attached hydrogens (tertiary/aromatic N) is 2. The zero-order valence-corrected chi connectivity index (χ0v) is 11.3. The lowest BCUT2D eigenvalue weighted by molar-refractivity contribution is 0.906. The molecule has 2 aromatic rings. The highest BCUT2D eigenvalue weighted by Crippen LogP contribution is 2.29. The monoisotopic (exact) mass is 247 g/mol. The molecule has 3 nitrogen and oxygen atoms in total. The van der Waals surface area contributed by atoms with Gasteiger partial charge in [-0.1, -0.05) is 13.3 Å². The third kappa shape index (κ3) is 2.47. The molecule has 90 valence electrons. The second kappa shape index (κ2) is 5.27. The van der Waals surface area contributed by atoms with Crippen LogP contribution in [0.1, 0.15) is 23.8 Å². The Morgan fingerprint density at radius 3 is 2.76 bits per heavy atom. The molecule has 0 saturated heterocycles. The van der Waals surface area contributed by atoms with Crippen LogP contribution in [0.5, 0.6) is 0 Å². The van der Waals surface area contributed by atoms with Crippen LogP contribution in [0.2, 0.25) is 0 Å².